The van der Waals surface area contributed by atoms with Crippen molar-refractivity contribution in [1.82, 2.24) is 10.3 Å². The number of aromatic amines is 1. The molecule has 1 unspecified atom stereocenters. The van der Waals surface area contributed by atoms with Gasteiger partial charge >= 0.3 is 0 Å². The molecule has 0 radical (unpaired) electrons. The first-order chi connectivity index (χ1) is 10.1. The van der Waals surface area contributed by atoms with E-state index in [2.05, 4.69) is 26.2 Å². The fourth-order valence-corrected chi connectivity index (χ4v) is 2.75. The van der Waals surface area contributed by atoms with E-state index < -0.39 is 0 Å². The van der Waals surface area contributed by atoms with Crippen LogP contribution < -0.4 is 5.32 Å². The maximum atomic E-state index is 12.3. The molecule has 4 heteroatoms. The summed E-state index contributed by atoms with van der Waals surface area (Å²) in [6.45, 7) is 1.97. The van der Waals surface area contributed by atoms with Crippen LogP contribution in [0.5, 0.6) is 0 Å². The topological polar surface area (TPSA) is 44.9 Å². The smallest absolute Gasteiger partial charge is 0.268 e. The number of H-pyrrole nitrogens is 1. The summed E-state index contributed by atoms with van der Waals surface area (Å²) in [5.74, 6) is -0.0984. The summed E-state index contributed by atoms with van der Waals surface area (Å²) < 4.78 is 1.01. The Hall–Kier alpha value is -2.07. The maximum Gasteiger partial charge on any atom is 0.268 e. The Morgan fingerprint density at radius 1 is 1.14 bits per heavy atom. The number of halogens is 1. The monoisotopic (exact) mass is 342 g/mol. The standard InChI is InChI=1S/C17H15BrN2O/c1-11(12-6-4-7-14(18)9-12)19-17(21)16-10-13-5-2-3-8-15(13)20-16/h2-11,20H,1H3,(H,19,21). The van der Waals surface area contributed by atoms with Gasteiger partial charge in [0, 0.05) is 15.4 Å². The number of carbonyl (C=O) groups is 1. The lowest BCUT2D eigenvalue weighted by atomic mass is 10.1. The normalized spacial score (nSPS) is 12.3. The first-order valence-corrected chi connectivity index (χ1v) is 7.57. The zero-order valence-corrected chi connectivity index (χ0v) is 13.1. The van der Waals surface area contributed by atoms with Crippen LogP contribution in [0.4, 0.5) is 0 Å². The van der Waals surface area contributed by atoms with Gasteiger partial charge in [0.1, 0.15) is 5.69 Å². The molecule has 21 heavy (non-hydrogen) atoms. The molecule has 0 fully saturated rings. The van der Waals surface area contributed by atoms with E-state index in [1.165, 1.54) is 0 Å². The van der Waals surface area contributed by atoms with Crippen LogP contribution in [0.1, 0.15) is 29.0 Å². The predicted molar refractivity (Wildman–Crippen MR) is 88.3 cm³/mol. The molecule has 1 aromatic heterocycles. The molecule has 1 atom stereocenters. The zero-order chi connectivity index (χ0) is 14.8. The van der Waals surface area contributed by atoms with Crippen molar-refractivity contribution in [1.29, 1.82) is 0 Å². The summed E-state index contributed by atoms with van der Waals surface area (Å²) in [5.41, 5.74) is 2.62. The number of hydrogen-bond acceptors (Lipinski definition) is 1. The van der Waals surface area contributed by atoms with E-state index in [-0.39, 0.29) is 11.9 Å². The predicted octanol–water partition coefficient (Wildman–Crippen LogP) is 4.42. The quantitative estimate of drug-likeness (QED) is 0.726. The molecule has 0 saturated heterocycles. The second-order valence-corrected chi connectivity index (χ2v) is 5.94. The Labute approximate surface area is 131 Å². The number of para-hydroxylation sites is 1. The van der Waals surface area contributed by atoms with Gasteiger partial charge in [-0.25, -0.2) is 0 Å². The lowest BCUT2D eigenvalue weighted by molar-refractivity contribution is 0.0935. The molecule has 3 aromatic rings. The van der Waals surface area contributed by atoms with Crippen LogP contribution in [0.25, 0.3) is 10.9 Å². The highest BCUT2D eigenvalue weighted by atomic mass is 79.9. The van der Waals surface area contributed by atoms with Gasteiger partial charge in [-0.1, -0.05) is 46.3 Å². The average molecular weight is 343 g/mol. The molecular formula is C17H15BrN2O. The number of carbonyl (C=O) groups excluding carboxylic acids is 1. The van der Waals surface area contributed by atoms with Gasteiger partial charge in [0.05, 0.1) is 6.04 Å². The van der Waals surface area contributed by atoms with E-state index in [1.54, 1.807) is 0 Å². The van der Waals surface area contributed by atoms with Crippen LogP contribution >= 0.6 is 15.9 Å². The van der Waals surface area contributed by atoms with Crippen molar-refractivity contribution in [2.24, 2.45) is 0 Å². The number of fused-ring (bicyclic) bond motifs is 1. The van der Waals surface area contributed by atoms with Crippen molar-refractivity contribution in [3.8, 4) is 0 Å². The minimum Gasteiger partial charge on any atom is -0.351 e. The van der Waals surface area contributed by atoms with Crippen LogP contribution in [0.15, 0.2) is 59.1 Å². The molecule has 0 aliphatic heterocycles. The first kappa shape index (κ1) is 13.9. The third-order valence-electron chi connectivity index (χ3n) is 3.47. The number of nitrogens with one attached hydrogen (secondary N) is 2. The van der Waals surface area contributed by atoms with Gasteiger partial charge in [-0.15, -0.1) is 0 Å². The summed E-state index contributed by atoms with van der Waals surface area (Å²) in [5, 5.41) is 4.05. The Kier molecular flexibility index (Phi) is 3.80. The fraction of sp³-hybridized carbons (Fsp3) is 0.118. The highest BCUT2D eigenvalue weighted by Gasteiger charge is 2.13. The van der Waals surface area contributed by atoms with Gasteiger partial charge in [0.2, 0.25) is 0 Å². The minimum atomic E-state index is -0.0984. The molecule has 1 amide bonds. The summed E-state index contributed by atoms with van der Waals surface area (Å²) in [6, 6.07) is 17.6. The molecule has 0 aliphatic carbocycles. The number of aromatic nitrogens is 1. The largest absolute Gasteiger partial charge is 0.351 e. The van der Waals surface area contributed by atoms with E-state index in [9.17, 15) is 4.79 Å². The number of amides is 1. The van der Waals surface area contributed by atoms with E-state index >= 15 is 0 Å². The van der Waals surface area contributed by atoms with E-state index in [0.717, 1.165) is 20.9 Å². The molecule has 0 aliphatic rings. The lowest BCUT2D eigenvalue weighted by Gasteiger charge is -2.14. The lowest BCUT2D eigenvalue weighted by Crippen LogP contribution is -2.26. The molecule has 106 valence electrons. The molecule has 2 aromatic carbocycles. The Morgan fingerprint density at radius 2 is 1.95 bits per heavy atom. The van der Waals surface area contributed by atoms with E-state index in [1.807, 2.05) is 61.5 Å². The van der Waals surface area contributed by atoms with Crippen LogP contribution in [0, 0.1) is 0 Å². The van der Waals surface area contributed by atoms with Crippen LogP contribution in [-0.4, -0.2) is 10.9 Å². The fourth-order valence-electron chi connectivity index (χ4n) is 2.33. The van der Waals surface area contributed by atoms with E-state index in [0.29, 0.717) is 5.69 Å². The maximum absolute atomic E-state index is 12.3. The van der Waals surface area contributed by atoms with Crippen molar-refractivity contribution in [2.45, 2.75) is 13.0 Å². The second-order valence-electron chi connectivity index (χ2n) is 5.02. The summed E-state index contributed by atoms with van der Waals surface area (Å²) >= 11 is 3.45. The molecule has 3 nitrogen and oxygen atoms in total. The van der Waals surface area contributed by atoms with Crippen LogP contribution in [-0.2, 0) is 0 Å². The molecule has 3 rings (SSSR count). The SMILES string of the molecule is CC(NC(=O)c1cc2ccccc2[nH]1)c1cccc(Br)c1. The molecule has 1 heterocycles. The number of benzene rings is 2. The van der Waals surface area contributed by atoms with Crippen molar-refractivity contribution in [3.05, 3.63) is 70.3 Å². The van der Waals surface area contributed by atoms with Crippen LogP contribution in [0.3, 0.4) is 0 Å². The van der Waals surface area contributed by atoms with Gasteiger partial charge < -0.3 is 10.3 Å². The van der Waals surface area contributed by atoms with Gasteiger partial charge in [-0.2, -0.15) is 0 Å². The highest BCUT2D eigenvalue weighted by Crippen LogP contribution is 2.19. The third-order valence-corrected chi connectivity index (χ3v) is 3.96. The average Bonchev–Trinajstić information content (AvgIpc) is 2.91. The van der Waals surface area contributed by atoms with Gasteiger partial charge in [-0.3, -0.25) is 4.79 Å². The van der Waals surface area contributed by atoms with Crippen LogP contribution in [0.2, 0.25) is 0 Å². The summed E-state index contributed by atoms with van der Waals surface area (Å²) in [4.78, 5) is 15.5. The van der Waals surface area contributed by atoms with Crippen molar-refractivity contribution >= 4 is 32.7 Å². The Morgan fingerprint density at radius 3 is 2.71 bits per heavy atom. The summed E-state index contributed by atoms with van der Waals surface area (Å²) in [6.07, 6.45) is 0. The molecule has 0 bridgehead atoms. The molecular weight excluding hydrogens is 328 g/mol. The van der Waals surface area contributed by atoms with Crippen molar-refractivity contribution in [2.75, 3.05) is 0 Å². The van der Waals surface area contributed by atoms with Gasteiger partial charge in [0.25, 0.3) is 5.91 Å². The first-order valence-electron chi connectivity index (χ1n) is 6.77. The molecule has 0 spiro atoms. The van der Waals surface area contributed by atoms with Crippen molar-refractivity contribution in [3.63, 3.8) is 0 Å². The number of hydrogen-bond donors (Lipinski definition) is 2. The Bertz CT molecular complexity index is 761. The van der Waals surface area contributed by atoms with E-state index in [4.69, 9.17) is 0 Å². The molecule has 2 N–H and O–H groups in total. The highest BCUT2D eigenvalue weighted by molar-refractivity contribution is 9.10. The van der Waals surface area contributed by atoms with Crippen molar-refractivity contribution < 1.29 is 4.79 Å². The van der Waals surface area contributed by atoms with Gasteiger partial charge in [-0.05, 0) is 36.8 Å². The third kappa shape index (κ3) is 3.00. The van der Waals surface area contributed by atoms with Gasteiger partial charge in [0.15, 0.2) is 0 Å². The minimum absolute atomic E-state index is 0.0542. The number of rotatable bonds is 3. The zero-order valence-electron chi connectivity index (χ0n) is 11.6. The summed E-state index contributed by atoms with van der Waals surface area (Å²) in [7, 11) is 0. The Balaban J connectivity index is 1.79. The molecule has 0 saturated carbocycles. The second kappa shape index (κ2) is 5.74.